The number of Topliss-reactive ketones (excluding diaryl/α,β-unsaturated/α-hetero) is 1. The fourth-order valence-corrected chi connectivity index (χ4v) is 16.7. The Morgan fingerprint density at radius 2 is 0.738 bits per heavy atom. The molecule has 1 atom stereocenters. The number of primary amides is 1. The topological polar surface area (TPSA) is 419 Å². The van der Waals surface area contributed by atoms with Gasteiger partial charge in [0.25, 0.3) is 0 Å². The minimum Gasteiger partial charge on any atom is -0.492 e. The number of nitrogens with two attached hydrogens (primary N) is 1. The third-order valence-corrected chi connectivity index (χ3v) is 24.2. The molecule has 0 aliphatic rings. The number of rotatable bonds is 17. The molecule has 6 aromatic carbocycles. The summed E-state index contributed by atoms with van der Waals surface area (Å²) >= 11 is 20.8. The minimum absolute atomic E-state index is 0.0525. The van der Waals surface area contributed by atoms with E-state index in [2.05, 4.69) is 197 Å². The van der Waals surface area contributed by atoms with Gasteiger partial charge in [0.1, 0.15) is 55.3 Å². The lowest BCUT2D eigenvalue weighted by molar-refractivity contribution is 0.101. The number of hydrogen-bond acceptors (Lipinski definition) is 24. The van der Waals surface area contributed by atoms with Crippen LogP contribution in [0, 0.1) is 0 Å². The standard InChI is InChI=1S/C19H19N5O.C18H18N8O.C17H15N5O.C15H12ClN5O.C15H12ClN5.C9H8N2O.C6H3BrClN3/c1-4-25-13(2)17-6-8-19-20-12-16(24(19)22-17)10-14-5-7-18-15(9-14)11-21-23(18)3;1-11(22-23-18(19)27)15-4-6-17-20-10-14(26(17)24-15)8-12-3-5-16-13(7-12)9-21-25(16)2;1-11(23)15-4-6-17-18-10-14(22(17)20-15)8-12-3-5-16-13(7-12)9-19-21(16)2;1-20-11-3-2-9(6-10(11)7-18-20)15(22)12-8-17-14-5-4-13(16)19-21(12)14;1-20-13-3-2-10(6-11(13)8-18-20)7-12-9-17-15-5-4-14(16)19-21(12)15;1-11-9-3-2-7(6-12)4-8(9)5-10-11;7-4-3-9-6-2-1-5(8)10-11(4)6/h5-9,11-12H,2,4,10H2,1,3H3;3-7,9-10H,8H2,1-2H3,(H3,19,23,27);3-7,9-10H,8H2,1-2H3;2-8,15,22H,1H3;2-6,8-9H,7H2,1H3;2-6H,1H3;1-3H/b;22-11+;;;;;. The van der Waals surface area contributed by atoms with Crippen LogP contribution in [0.3, 0.4) is 0 Å². The Morgan fingerprint density at radius 1 is 0.411 bits per heavy atom. The summed E-state index contributed by atoms with van der Waals surface area (Å²) in [6.07, 6.45) is 24.5. The average molecular weight is 2010 g/mol. The molecule has 141 heavy (non-hydrogen) atoms. The molecule has 0 aliphatic heterocycles. The molecule has 42 heteroatoms. The van der Waals surface area contributed by atoms with Gasteiger partial charge in [0.15, 0.2) is 39.7 Å². The van der Waals surface area contributed by atoms with Gasteiger partial charge in [0.05, 0.1) is 148 Å². The first kappa shape index (κ1) is 94.4. The van der Waals surface area contributed by atoms with E-state index in [0.717, 1.165) is 163 Å². The molecule has 0 radical (unpaired) electrons. The van der Waals surface area contributed by atoms with Crippen LogP contribution in [0.4, 0.5) is 4.79 Å². The molecule has 0 fully saturated rings. The quantitative estimate of drug-likeness (QED) is 0.0250. The summed E-state index contributed by atoms with van der Waals surface area (Å²) in [6, 6.07) is 57.3. The van der Waals surface area contributed by atoms with Crippen LogP contribution in [-0.4, -0.2) is 182 Å². The molecule has 18 heterocycles. The molecule has 38 nitrogen and oxygen atoms in total. The number of aldehydes is 1. The highest BCUT2D eigenvalue weighted by molar-refractivity contribution is 9.10. The van der Waals surface area contributed by atoms with E-state index in [-0.39, 0.29) is 5.78 Å². The van der Waals surface area contributed by atoms with Crippen LogP contribution in [0.5, 0.6) is 0 Å². The van der Waals surface area contributed by atoms with Crippen molar-refractivity contribution >= 4 is 180 Å². The molecule has 24 rings (SSSR count). The number of amides is 2. The van der Waals surface area contributed by atoms with Crippen molar-refractivity contribution in [1.29, 1.82) is 0 Å². The molecule has 2 amide bonds. The predicted octanol–water partition coefficient (Wildman–Crippen LogP) is 16.0. The second-order valence-electron chi connectivity index (χ2n) is 32.6. The highest BCUT2D eigenvalue weighted by Crippen LogP contribution is 2.30. The first-order chi connectivity index (χ1) is 68.2. The Kier molecular flexibility index (Phi) is 27.5. The number of hydrogen-bond donors (Lipinski definition) is 3. The largest absolute Gasteiger partial charge is 0.492 e. The van der Waals surface area contributed by atoms with Crippen molar-refractivity contribution in [2.24, 2.45) is 53.1 Å². The number of aryl methyl sites for hydroxylation is 6. The van der Waals surface area contributed by atoms with Crippen molar-refractivity contribution in [1.82, 2.24) is 152 Å². The molecular weight excluding hydrogens is 1920 g/mol. The Bertz CT molecular complexity index is 8870. The van der Waals surface area contributed by atoms with Crippen LogP contribution in [-0.2, 0) is 72.7 Å². The molecule has 0 bridgehead atoms. The second-order valence-corrected chi connectivity index (χ2v) is 34.6. The number of aliphatic hydroxyl groups is 1. The van der Waals surface area contributed by atoms with Crippen molar-refractivity contribution in [2.45, 2.75) is 52.6 Å². The second kappa shape index (κ2) is 41.1. The van der Waals surface area contributed by atoms with E-state index in [9.17, 15) is 19.5 Å². The minimum atomic E-state index is -0.842. The smallest absolute Gasteiger partial charge is 0.332 e. The van der Waals surface area contributed by atoms with Gasteiger partial charge in [-0.15, -0.1) is 0 Å². The van der Waals surface area contributed by atoms with Crippen LogP contribution < -0.4 is 11.2 Å². The molecule has 0 saturated carbocycles. The van der Waals surface area contributed by atoms with E-state index in [4.69, 9.17) is 45.3 Å². The number of imidazole rings is 6. The normalized spacial score (nSPS) is 11.6. The van der Waals surface area contributed by atoms with E-state index in [1.807, 2.05) is 176 Å². The summed E-state index contributed by atoms with van der Waals surface area (Å²) in [6.45, 7) is 9.69. The number of urea groups is 1. The maximum atomic E-state index is 11.5. The highest BCUT2D eigenvalue weighted by Gasteiger charge is 2.21. The molecule has 706 valence electrons. The third-order valence-electron chi connectivity index (χ3n) is 23.1. The van der Waals surface area contributed by atoms with Gasteiger partial charge in [-0.3, -0.25) is 37.7 Å². The number of fused-ring (bicyclic) bond motifs is 12. The van der Waals surface area contributed by atoms with Crippen LogP contribution in [0.15, 0.2) is 273 Å². The van der Waals surface area contributed by atoms with Gasteiger partial charge in [-0.1, -0.05) is 71.7 Å². The number of nitrogens with zero attached hydrogens (tertiary/aromatic N) is 31. The number of aliphatic hydroxyl groups excluding tert-OH is 1. The average Bonchev–Trinajstić information content (AvgIpc) is 1.64. The maximum Gasteiger partial charge on any atom is 0.332 e. The van der Waals surface area contributed by atoms with Gasteiger partial charge in [-0.25, -0.2) is 67.2 Å². The van der Waals surface area contributed by atoms with Crippen molar-refractivity contribution in [3.05, 3.63) is 362 Å². The molecule has 4 N–H and O–H groups in total. The lowest BCUT2D eigenvalue weighted by Crippen LogP contribution is -2.25. The number of halogens is 4. The lowest BCUT2D eigenvalue weighted by atomic mass is 10.1. The van der Waals surface area contributed by atoms with Gasteiger partial charge < -0.3 is 15.6 Å². The third kappa shape index (κ3) is 21.0. The zero-order valence-corrected chi connectivity index (χ0v) is 81.0. The number of carbonyl (C=O) groups is 3. The number of benzene rings is 6. The number of nitrogens with one attached hydrogen (secondary N) is 1. The number of ether oxygens (including phenoxy) is 1. The summed E-state index contributed by atoms with van der Waals surface area (Å²) in [5.74, 6) is 0.518. The van der Waals surface area contributed by atoms with Gasteiger partial charge >= 0.3 is 6.03 Å². The van der Waals surface area contributed by atoms with Crippen molar-refractivity contribution < 1.29 is 24.2 Å². The van der Waals surface area contributed by atoms with Gasteiger partial charge in [0.2, 0.25) is 0 Å². The van der Waals surface area contributed by atoms with E-state index < -0.39 is 12.1 Å². The first-order valence-corrected chi connectivity index (χ1v) is 45.8. The maximum absolute atomic E-state index is 11.5. The first-order valence-electron chi connectivity index (χ1n) is 43.9. The Labute approximate surface area is 824 Å². The van der Waals surface area contributed by atoms with E-state index in [1.165, 1.54) is 18.1 Å². The van der Waals surface area contributed by atoms with Crippen molar-refractivity contribution in [2.75, 3.05) is 6.61 Å². The fourth-order valence-electron chi connectivity index (χ4n) is 15.9. The lowest BCUT2D eigenvalue weighted by Gasteiger charge is -2.10. The molecule has 18 aromatic heterocycles. The molecule has 0 saturated heterocycles. The summed E-state index contributed by atoms with van der Waals surface area (Å²) in [7, 11) is 11.5. The number of ketones is 1. The predicted molar refractivity (Wildman–Crippen MR) is 541 cm³/mol. The van der Waals surface area contributed by atoms with Crippen LogP contribution in [0.1, 0.15) is 115 Å². The van der Waals surface area contributed by atoms with E-state index in [1.54, 1.807) is 118 Å². The monoisotopic (exact) mass is 2000 g/mol. The van der Waals surface area contributed by atoms with Crippen molar-refractivity contribution in [3.8, 4) is 0 Å². The molecule has 24 aromatic rings. The van der Waals surface area contributed by atoms with Gasteiger partial charge in [-0.2, -0.15) is 66.3 Å². The summed E-state index contributed by atoms with van der Waals surface area (Å²) in [5.41, 5.74) is 31.2. The van der Waals surface area contributed by atoms with Gasteiger partial charge in [-0.05, 0) is 209 Å². The molecule has 0 spiro atoms. The van der Waals surface area contributed by atoms with Crippen LogP contribution >= 0.6 is 50.7 Å². The van der Waals surface area contributed by atoms with Crippen molar-refractivity contribution in [3.63, 3.8) is 0 Å². The summed E-state index contributed by atoms with van der Waals surface area (Å²) < 4.78 is 27.6. The SMILES string of the molecule is C/C(=N\NC(N)=O)c1ccc2ncc(Cc3ccc4c(cnn4C)c3)n2n1.C=C(OCC)c1ccc2ncc(Cc3ccc4c(cnn4C)c3)n2n1.CC(=O)c1ccc2ncc(Cc3ccc4c(cnn4C)c3)n2n1.Clc1ccc2ncc(Br)n2n1.Cn1ncc2cc(C(O)c3cnc4ccc(Cl)nn34)ccc21.Cn1ncc2cc(C=O)ccc21.Cn1ncc2cc(Cc3cnc4ccc(Cl)nn34)ccc21. The zero-order valence-electron chi connectivity index (χ0n) is 77.2. The Hall–Kier alpha value is -17.0. The summed E-state index contributed by atoms with van der Waals surface area (Å²) in [4.78, 5) is 58.6. The van der Waals surface area contributed by atoms with E-state index >= 15 is 0 Å². The number of hydrazone groups is 1. The van der Waals surface area contributed by atoms with Gasteiger partial charge in [0, 0.05) is 113 Å². The Morgan fingerprint density at radius 3 is 1.15 bits per heavy atom. The molecular formula is C99H87BrCl3N33O5. The fraction of sp³-hybridized carbons (Fsp3) is 0.152. The molecule has 1 unspecified atom stereocenters. The zero-order chi connectivity index (χ0) is 98.4. The number of aromatic nitrogens is 30. The Balaban J connectivity index is 0.000000110. The van der Waals surface area contributed by atoms with Crippen LogP contribution in [0.25, 0.3) is 105 Å². The van der Waals surface area contributed by atoms with E-state index in [0.29, 0.717) is 74.7 Å². The van der Waals surface area contributed by atoms with Crippen LogP contribution in [0.2, 0.25) is 15.5 Å². The highest BCUT2D eigenvalue weighted by atomic mass is 79.9. The summed E-state index contributed by atoms with van der Waals surface area (Å²) in [5, 5.41) is 73.8. The molecule has 0 aliphatic carbocycles. The number of carbonyl (C=O) groups excluding carboxylic acids is 3.